The first-order valence-corrected chi connectivity index (χ1v) is 8.70. The number of allylic oxidation sites excluding steroid dienone is 3. The minimum absolute atomic E-state index is 0.751. The van der Waals surface area contributed by atoms with Gasteiger partial charge in [-0.1, -0.05) is 35.5 Å². The van der Waals surface area contributed by atoms with Crippen molar-refractivity contribution < 1.29 is 22.3 Å². The number of rotatable bonds is 1. The van der Waals surface area contributed by atoms with E-state index in [1.807, 2.05) is 24.3 Å². The van der Waals surface area contributed by atoms with E-state index in [0.717, 1.165) is 15.6 Å². The topological polar surface area (TPSA) is 26.3 Å². The minimum Gasteiger partial charge on any atom is -0.418 e. The van der Waals surface area contributed by atoms with E-state index in [0.29, 0.717) is 0 Å². The number of nitrogens with one attached hydrogen (secondary N) is 1. The largest absolute Gasteiger partial charge is 0.673 e. The van der Waals surface area contributed by atoms with E-state index in [2.05, 4.69) is 29.3 Å². The summed E-state index contributed by atoms with van der Waals surface area (Å²) >= 11 is 9.17. The van der Waals surface area contributed by atoms with Gasteiger partial charge in [0.1, 0.15) is 5.04 Å². The van der Waals surface area contributed by atoms with Gasteiger partial charge in [0.2, 0.25) is 0 Å². The molecule has 0 aromatic heterocycles. The molecule has 2 nitrogen and oxygen atoms in total. The molecule has 0 spiro atoms. The first-order valence-electron chi connectivity index (χ1n) is 6.73. The zero-order chi connectivity index (χ0) is 17.9. The van der Waals surface area contributed by atoms with Crippen molar-refractivity contribution >= 4 is 53.3 Å². The summed E-state index contributed by atoms with van der Waals surface area (Å²) in [5.41, 5.74) is 4.74. The van der Waals surface area contributed by atoms with Crippen molar-refractivity contribution in [3.05, 3.63) is 56.4 Å². The first kappa shape index (κ1) is 19.1. The minimum atomic E-state index is -6.00. The van der Waals surface area contributed by atoms with E-state index < -0.39 is 7.25 Å². The Bertz CT molecular complexity index is 749. The molecule has 1 aromatic rings. The number of thioether (sulfide) groups is 1. The lowest BCUT2D eigenvalue weighted by atomic mass is 10.2. The molecule has 0 bridgehead atoms. The lowest BCUT2D eigenvalue weighted by Gasteiger charge is -1.99. The molecule has 0 aliphatic carbocycles. The fraction of sp³-hybridized carbons (Fsp3) is 0.143. The van der Waals surface area contributed by atoms with Crippen LogP contribution in [0.4, 0.5) is 17.3 Å². The number of benzene rings is 1. The maximum atomic E-state index is 9.75. The van der Waals surface area contributed by atoms with Crippen LogP contribution in [0.1, 0.15) is 19.4 Å². The van der Waals surface area contributed by atoms with Crippen molar-refractivity contribution in [2.75, 3.05) is 0 Å². The van der Waals surface area contributed by atoms with Gasteiger partial charge in [0.25, 0.3) is 0 Å². The molecule has 128 valence electrons. The zero-order valence-electron chi connectivity index (χ0n) is 12.6. The van der Waals surface area contributed by atoms with Crippen LogP contribution in [0.3, 0.4) is 0 Å². The maximum absolute atomic E-state index is 9.75. The molecule has 0 radical (unpaired) electrons. The molecule has 0 saturated carbocycles. The van der Waals surface area contributed by atoms with Crippen LogP contribution in [-0.4, -0.2) is 18.0 Å². The van der Waals surface area contributed by atoms with Crippen molar-refractivity contribution in [2.24, 2.45) is 4.40 Å². The Labute approximate surface area is 150 Å². The molecular formula is C14H12BClF4N2S2. The van der Waals surface area contributed by atoms with Crippen molar-refractivity contribution in [3.8, 4) is 0 Å². The smallest absolute Gasteiger partial charge is 0.418 e. The average Bonchev–Trinajstić information content (AvgIpc) is 3.04. The van der Waals surface area contributed by atoms with Crippen molar-refractivity contribution in [3.63, 3.8) is 0 Å². The van der Waals surface area contributed by atoms with Crippen LogP contribution in [-0.2, 0) is 0 Å². The van der Waals surface area contributed by atoms with Gasteiger partial charge >= 0.3 is 7.25 Å². The van der Waals surface area contributed by atoms with E-state index >= 15 is 0 Å². The van der Waals surface area contributed by atoms with E-state index in [1.165, 1.54) is 21.2 Å². The van der Waals surface area contributed by atoms with Crippen LogP contribution in [0, 0.1) is 0 Å². The normalized spacial score (nSPS) is 20.2. The van der Waals surface area contributed by atoms with Crippen LogP contribution < -0.4 is 4.99 Å². The highest BCUT2D eigenvalue weighted by atomic mass is 35.5. The molecule has 24 heavy (non-hydrogen) atoms. The molecule has 10 heteroatoms. The Kier molecular flexibility index (Phi) is 6.22. The molecule has 0 amide bonds. The third kappa shape index (κ3) is 5.72. The Hall–Kier alpha value is -1.19. The molecule has 1 aromatic carbocycles. The average molecular weight is 395 g/mol. The van der Waals surface area contributed by atoms with Crippen LogP contribution in [0.5, 0.6) is 0 Å². The fourth-order valence-corrected chi connectivity index (χ4v) is 4.17. The van der Waals surface area contributed by atoms with E-state index in [-0.39, 0.29) is 0 Å². The Morgan fingerprint density at radius 1 is 1.08 bits per heavy atom. The lowest BCUT2D eigenvalue weighted by molar-refractivity contribution is -0.392. The van der Waals surface area contributed by atoms with E-state index in [1.54, 1.807) is 23.7 Å². The highest BCUT2D eigenvalue weighted by Gasteiger charge is 2.25. The van der Waals surface area contributed by atoms with Crippen LogP contribution >= 0.6 is 35.3 Å². The number of halogens is 5. The van der Waals surface area contributed by atoms with Gasteiger partial charge in [-0.25, -0.2) is 9.39 Å². The second-order valence-electron chi connectivity index (χ2n) is 4.87. The highest BCUT2D eigenvalue weighted by Crippen LogP contribution is 2.43. The van der Waals surface area contributed by atoms with Crippen molar-refractivity contribution in [1.82, 2.24) is 0 Å². The summed E-state index contributed by atoms with van der Waals surface area (Å²) in [6.45, 7) is 4.17. The monoisotopic (exact) mass is 394 g/mol. The van der Waals surface area contributed by atoms with Gasteiger partial charge in [0.05, 0.1) is 9.81 Å². The molecule has 2 aliphatic heterocycles. The summed E-state index contributed by atoms with van der Waals surface area (Å²) < 4.78 is 44.8. The predicted molar refractivity (Wildman–Crippen MR) is 95.8 cm³/mol. The molecular weight excluding hydrogens is 383 g/mol. The standard InChI is InChI=1S/C14H11ClN2S2.BF4/c1-8-7-12(9(2)16-8)14-18-13(17-19-14)10-3-5-11(15)6-4-10;2-1(3,4)5/h3-7H,1-2H3;/q;-1/p+1/b14-12+;. The number of hydrogen-bond donors (Lipinski definition) is 1. The third-order valence-corrected chi connectivity index (χ3v) is 5.29. The Morgan fingerprint density at radius 3 is 2.17 bits per heavy atom. The van der Waals surface area contributed by atoms with Gasteiger partial charge in [-0.15, -0.1) is 0 Å². The molecule has 2 heterocycles. The molecule has 0 fully saturated rings. The zero-order valence-corrected chi connectivity index (χ0v) is 15.0. The third-order valence-electron chi connectivity index (χ3n) is 2.86. The molecule has 0 saturated heterocycles. The molecule has 0 unspecified atom stereocenters. The van der Waals surface area contributed by atoms with Crippen molar-refractivity contribution in [2.45, 2.75) is 13.8 Å². The first-order chi connectivity index (χ1) is 11.1. The number of nitrogens with zero attached hydrogens (tertiary/aromatic N) is 1. The summed E-state index contributed by atoms with van der Waals surface area (Å²) in [7, 11) is -6.00. The SMILES string of the molecule is CC1=C/C(=C2\SN=C(c3ccc(Cl)cc3)S2)C(C)=[NH+]1.F[B-](F)(F)F. The summed E-state index contributed by atoms with van der Waals surface area (Å²) in [5, 5.41) is 1.79. The summed E-state index contributed by atoms with van der Waals surface area (Å²) in [4.78, 5) is 3.33. The Morgan fingerprint density at radius 2 is 1.67 bits per heavy atom. The van der Waals surface area contributed by atoms with E-state index in [9.17, 15) is 17.3 Å². The summed E-state index contributed by atoms with van der Waals surface area (Å²) in [6, 6.07) is 7.81. The van der Waals surface area contributed by atoms with Gasteiger partial charge in [-0.05, 0) is 12.1 Å². The maximum Gasteiger partial charge on any atom is 0.673 e. The second-order valence-corrected chi connectivity index (χ2v) is 7.34. The lowest BCUT2D eigenvalue weighted by Crippen LogP contribution is -2.67. The molecule has 0 atom stereocenters. The van der Waals surface area contributed by atoms with Gasteiger partial charge in [0, 0.05) is 42.5 Å². The molecule has 2 aliphatic rings. The molecule has 1 N–H and O–H groups in total. The summed E-state index contributed by atoms with van der Waals surface area (Å²) in [5.74, 6) is 0. The van der Waals surface area contributed by atoms with Gasteiger partial charge in [0.15, 0.2) is 11.4 Å². The van der Waals surface area contributed by atoms with E-state index in [4.69, 9.17) is 11.6 Å². The highest BCUT2D eigenvalue weighted by molar-refractivity contribution is 8.32. The fourth-order valence-electron chi connectivity index (χ4n) is 1.95. The van der Waals surface area contributed by atoms with Crippen molar-refractivity contribution in [1.29, 1.82) is 0 Å². The predicted octanol–water partition coefficient (Wildman–Crippen LogP) is 4.45. The second kappa shape index (κ2) is 7.80. The van der Waals surface area contributed by atoms with Gasteiger partial charge < -0.3 is 17.3 Å². The van der Waals surface area contributed by atoms with Gasteiger partial charge in [-0.2, -0.15) is 0 Å². The van der Waals surface area contributed by atoms with Gasteiger partial charge in [-0.3, -0.25) is 0 Å². The summed E-state index contributed by atoms with van der Waals surface area (Å²) in [6.07, 6.45) is 2.17. The van der Waals surface area contributed by atoms with Crippen LogP contribution in [0.2, 0.25) is 5.02 Å². The van der Waals surface area contributed by atoms with Crippen LogP contribution in [0.15, 0.2) is 50.2 Å². The quantitative estimate of drug-likeness (QED) is 0.433. The van der Waals surface area contributed by atoms with Crippen LogP contribution in [0.25, 0.3) is 0 Å². The molecule has 3 rings (SSSR count). The number of hydrogen-bond acceptors (Lipinski definition) is 3. The Balaban J connectivity index is 0.000000368.